The molecule has 0 saturated carbocycles. The van der Waals surface area contributed by atoms with Gasteiger partial charge >= 0.3 is 0 Å². The summed E-state index contributed by atoms with van der Waals surface area (Å²) in [5, 5.41) is 18.6. The van der Waals surface area contributed by atoms with Gasteiger partial charge in [-0.15, -0.1) is 0 Å². The Kier molecular flexibility index (Phi) is 4.15. The number of rotatable bonds is 3. The van der Waals surface area contributed by atoms with Gasteiger partial charge < -0.3 is 15.1 Å². The molecule has 1 aliphatic rings. The first-order chi connectivity index (χ1) is 8.72. The van der Waals surface area contributed by atoms with Crippen molar-refractivity contribution in [3.05, 3.63) is 24.0 Å². The summed E-state index contributed by atoms with van der Waals surface area (Å²) in [5.41, 5.74) is 0.301. The molecule has 1 aromatic heterocycles. The van der Waals surface area contributed by atoms with E-state index in [4.69, 9.17) is 5.11 Å². The third kappa shape index (κ3) is 2.79. The molecule has 2 N–H and O–H groups in total. The van der Waals surface area contributed by atoms with E-state index in [0.29, 0.717) is 24.6 Å². The van der Waals surface area contributed by atoms with Crippen molar-refractivity contribution in [1.29, 1.82) is 0 Å². The molecule has 5 nitrogen and oxygen atoms in total. The van der Waals surface area contributed by atoms with E-state index < -0.39 is 0 Å². The van der Waals surface area contributed by atoms with Crippen LogP contribution in [-0.2, 0) is 0 Å². The van der Waals surface area contributed by atoms with E-state index in [1.54, 1.807) is 4.90 Å². The fourth-order valence-corrected chi connectivity index (χ4v) is 2.41. The number of hydrogen-bond donors (Lipinski definition) is 2. The summed E-state index contributed by atoms with van der Waals surface area (Å²) in [4.78, 5) is 17.8. The van der Waals surface area contributed by atoms with Crippen molar-refractivity contribution in [2.45, 2.75) is 19.3 Å². The average molecular weight is 250 g/mol. The average Bonchev–Trinajstić information content (AvgIpc) is 2.39. The highest BCUT2D eigenvalue weighted by Gasteiger charge is 2.25. The largest absolute Gasteiger partial charge is 0.505 e. The number of amides is 1. The molecule has 5 heteroatoms. The van der Waals surface area contributed by atoms with Crippen LogP contribution in [0.4, 0.5) is 0 Å². The topological polar surface area (TPSA) is 73.7 Å². The molecule has 1 fully saturated rings. The molecule has 2 rings (SSSR count). The van der Waals surface area contributed by atoms with Crippen molar-refractivity contribution >= 4 is 5.91 Å². The molecule has 0 aromatic carbocycles. The first-order valence-corrected chi connectivity index (χ1v) is 6.25. The number of aromatic nitrogens is 1. The second-order valence-electron chi connectivity index (χ2n) is 4.66. The van der Waals surface area contributed by atoms with Gasteiger partial charge in [0, 0.05) is 25.9 Å². The molecule has 0 radical (unpaired) electrons. The first-order valence-electron chi connectivity index (χ1n) is 6.25. The minimum absolute atomic E-state index is 0.0771. The highest BCUT2D eigenvalue weighted by atomic mass is 16.3. The Morgan fingerprint density at radius 3 is 3.11 bits per heavy atom. The fourth-order valence-electron chi connectivity index (χ4n) is 2.41. The van der Waals surface area contributed by atoms with Gasteiger partial charge in [-0.25, -0.2) is 0 Å². The fraction of sp³-hybridized carbons (Fsp3) is 0.538. The zero-order valence-electron chi connectivity index (χ0n) is 10.2. The van der Waals surface area contributed by atoms with Crippen LogP contribution in [0.5, 0.6) is 5.75 Å². The third-order valence-electron chi connectivity index (χ3n) is 3.37. The normalized spacial score (nSPS) is 19.8. The van der Waals surface area contributed by atoms with Gasteiger partial charge in [-0.3, -0.25) is 9.78 Å². The van der Waals surface area contributed by atoms with Crippen LogP contribution in [0.3, 0.4) is 0 Å². The molecule has 1 saturated heterocycles. The second-order valence-corrected chi connectivity index (χ2v) is 4.66. The zero-order valence-corrected chi connectivity index (χ0v) is 10.2. The summed E-state index contributed by atoms with van der Waals surface area (Å²) >= 11 is 0. The number of nitrogens with zero attached hydrogens (tertiary/aromatic N) is 2. The highest BCUT2D eigenvalue weighted by Crippen LogP contribution is 2.23. The maximum Gasteiger partial charge on any atom is 0.257 e. The van der Waals surface area contributed by atoms with Crippen LogP contribution < -0.4 is 0 Å². The summed E-state index contributed by atoms with van der Waals surface area (Å²) in [7, 11) is 0. The second kappa shape index (κ2) is 5.82. The van der Waals surface area contributed by atoms with E-state index in [-0.39, 0.29) is 18.3 Å². The predicted octanol–water partition coefficient (Wildman–Crippen LogP) is 1.02. The number of carbonyl (C=O) groups excluding carboxylic acids is 1. The molecule has 18 heavy (non-hydrogen) atoms. The van der Waals surface area contributed by atoms with E-state index in [1.807, 2.05) is 0 Å². The Morgan fingerprint density at radius 2 is 2.39 bits per heavy atom. The number of likely N-dealkylation sites (tertiary alicyclic amines) is 1. The summed E-state index contributed by atoms with van der Waals surface area (Å²) in [5.74, 6) is 0.126. The van der Waals surface area contributed by atoms with Gasteiger partial charge in [0.05, 0.1) is 11.8 Å². The van der Waals surface area contributed by atoms with Crippen molar-refractivity contribution in [3.8, 4) is 5.75 Å². The molecule has 1 aliphatic heterocycles. The van der Waals surface area contributed by atoms with Crippen LogP contribution in [0.1, 0.15) is 29.6 Å². The number of piperidine rings is 1. The Hall–Kier alpha value is -1.62. The summed E-state index contributed by atoms with van der Waals surface area (Å²) in [6, 6.07) is 1.54. The SMILES string of the molecule is O=C(c1ccncc1O)N1CCCC(CCO)C1. The van der Waals surface area contributed by atoms with Crippen molar-refractivity contribution < 1.29 is 15.0 Å². The molecule has 0 spiro atoms. The monoisotopic (exact) mass is 250 g/mol. The molecular formula is C13H18N2O3. The van der Waals surface area contributed by atoms with Crippen LogP contribution in [0.25, 0.3) is 0 Å². The molecule has 2 heterocycles. The van der Waals surface area contributed by atoms with E-state index in [0.717, 1.165) is 19.3 Å². The van der Waals surface area contributed by atoms with E-state index in [2.05, 4.69) is 4.98 Å². The van der Waals surface area contributed by atoms with E-state index in [1.165, 1.54) is 18.5 Å². The first kappa shape index (κ1) is 12.8. The Morgan fingerprint density at radius 1 is 1.56 bits per heavy atom. The maximum absolute atomic E-state index is 12.2. The molecule has 0 bridgehead atoms. The smallest absolute Gasteiger partial charge is 0.257 e. The van der Waals surface area contributed by atoms with Gasteiger partial charge in [0.15, 0.2) is 0 Å². The van der Waals surface area contributed by atoms with Crippen LogP contribution in [0.15, 0.2) is 18.5 Å². The van der Waals surface area contributed by atoms with Gasteiger partial charge in [0.1, 0.15) is 5.75 Å². The standard InChI is InChI=1S/C13H18N2O3/c16-7-4-10-2-1-6-15(9-10)13(18)11-3-5-14-8-12(11)17/h3,5,8,10,16-17H,1-2,4,6-7,9H2. The van der Waals surface area contributed by atoms with Crippen LogP contribution in [0, 0.1) is 5.92 Å². The molecule has 1 aromatic rings. The maximum atomic E-state index is 12.2. The Balaban J connectivity index is 2.07. The number of aromatic hydroxyl groups is 1. The lowest BCUT2D eigenvalue weighted by atomic mass is 9.94. The molecule has 0 aliphatic carbocycles. The summed E-state index contributed by atoms with van der Waals surface area (Å²) in [6.45, 7) is 1.52. The van der Waals surface area contributed by atoms with Crippen LogP contribution >= 0.6 is 0 Å². The minimum Gasteiger partial charge on any atom is -0.505 e. The molecule has 1 atom stereocenters. The lowest BCUT2D eigenvalue weighted by molar-refractivity contribution is 0.0650. The third-order valence-corrected chi connectivity index (χ3v) is 3.37. The lowest BCUT2D eigenvalue weighted by Gasteiger charge is -2.32. The number of hydrogen-bond acceptors (Lipinski definition) is 4. The van der Waals surface area contributed by atoms with E-state index >= 15 is 0 Å². The van der Waals surface area contributed by atoms with Gasteiger partial charge in [-0.1, -0.05) is 0 Å². The number of aliphatic hydroxyl groups excluding tert-OH is 1. The number of pyridine rings is 1. The van der Waals surface area contributed by atoms with Crippen LogP contribution in [0.2, 0.25) is 0 Å². The predicted molar refractivity (Wildman–Crippen MR) is 66.2 cm³/mol. The van der Waals surface area contributed by atoms with Crippen molar-refractivity contribution in [2.75, 3.05) is 19.7 Å². The van der Waals surface area contributed by atoms with Crippen LogP contribution in [-0.4, -0.2) is 45.7 Å². The molecular weight excluding hydrogens is 232 g/mol. The van der Waals surface area contributed by atoms with Crippen molar-refractivity contribution in [3.63, 3.8) is 0 Å². The quantitative estimate of drug-likeness (QED) is 0.840. The van der Waals surface area contributed by atoms with Gasteiger partial charge in [-0.05, 0) is 31.2 Å². The Bertz CT molecular complexity index is 420. The highest BCUT2D eigenvalue weighted by molar-refractivity contribution is 5.96. The molecule has 98 valence electrons. The Labute approximate surface area is 106 Å². The van der Waals surface area contributed by atoms with Crippen molar-refractivity contribution in [1.82, 2.24) is 9.88 Å². The zero-order chi connectivity index (χ0) is 13.0. The van der Waals surface area contributed by atoms with Gasteiger partial charge in [0.25, 0.3) is 5.91 Å². The van der Waals surface area contributed by atoms with Gasteiger partial charge in [-0.2, -0.15) is 0 Å². The lowest BCUT2D eigenvalue weighted by Crippen LogP contribution is -2.40. The van der Waals surface area contributed by atoms with Gasteiger partial charge in [0.2, 0.25) is 0 Å². The summed E-state index contributed by atoms with van der Waals surface area (Å²) in [6.07, 6.45) is 5.51. The van der Waals surface area contributed by atoms with Crippen molar-refractivity contribution in [2.24, 2.45) is 5.92 Å². The summed E-state index contributed by atoms with van der Waals surface area (Å²) < 4.78 is 0. The molecule has 1 unspecified atom stereocenters. The van der Waals surface area contributed by atoms with E-state index in [9.17, 15) is 9.90 Å². The number of carbonyl (C=O) groups is 1. The number of aliphatic hydroxyl groups is 1. The molecule has 1 amide bonds. The minimum atomic E-state index is -0.155.